The van der Waals surface area contributed by atoms with Crippen LogP contribution in [0.4, 0.5) is 0 Å². The van der Waals surface area contributed by atoms with Crippen molar-refractivity contribution in [1.29, 1.82) is 0 Å². The van der Waals surface area contributed by atoms with Crippen LogP contribution in [0.3, 0.4) is 0 Å². The number of rotatable bonds is 9. The van der Waals surface area contributed by atoms with Gasteiger partial charge >= 0.3 is 5.97 Å². The fraction of sp³-hybridized carbons (Fsp3) is 0.714. The first-order chi connectivity index (χ1) is 9.20. The molecule has 4 nitrogen and oxygen atoms in total. The average Bonchev–Trinajstić information content (AvgIpc) is 2.26. The standard InChI is InChI=1S/C14H26O4SSi/c1-12(15)19-9-6-5-7-13(16)11-14(17)18-8-10-20(2,3)4/h5,7,13,16H,6,8-11H2,1-4H3. The van der Waals surface area contributed by atoms with Crippen LogP contribution >= 0.6 is 11.8 Å². The summed E-state index contributed by atoms with van der Waals surface area (Å²) in [5, 5.41) is 9.72. The molecule has 0 aliphatic carbocycles. The van der Waals surface area contributed by atoms with E-state index in [2.05, 4.69) is 19.6 Å². The summed E-state index contributed by atoms with van der Waals surface area (Å²) in [7, 11) is -1.19. The van der Waals surface area contributed by atoms with Crippen LogP contribution in [0.25, 0.3) is 0 Å². The van der Waals surface area contributed by atoms with Crippen molar-refractivity contribution in [1.82, 2.24) is 0 Å². The summed E-state index contributed by atoms with van der Waals surface area (Å²) in [6.07, 6.45) is 3.25. The topological polar surface area (TPSA) is 63.6 Å². The van der Waals surface area contributed by atoms with Crippen molar-refractivity contribution in [3.63, 3.8) is 0 Å². The lowest BCUT2D eigenvalue weighted by molar-refractivity contribution is -0.144. The summed E-state index contributed by atoms with van der Waals surface area (Å²) >= 11 is 1.25. The number of aliphatic hydroxyl groups is 1. The largest absolute Gasteiger partial charge is 0.466 e. The molecule has 0 aromatic heterocycles. The zero-order valence-electron chi connectivity index (χ0n) is 12.8. The summed E-state index contributed by atoms with van der Waals surface area (Å²) in [6.45, 7) is 8.63. The molecule has 0 radical (unpaired) electrons. The van der Waals surface area contributed by atoms with Gasteiger partial charge in [-0.15, -0.1) is 0 Å². The monoisotopic (exact) mass is 318 g/mol. The van der Waals surface area contributed by atoms with Gasteiger partial charge in [0.2, 0.25) is 0 Å². The SMILES string of the molecule is CC(=O)SCCC=CC(O)CC(=O)OCC[Si](C)(C)C. The normalized spacial score (nSPS) is 13.4. The van der Waals surface area contributed by atoms with E-state index < -0.39 is 14.2 Å². The molecule has 6 heteroatoms. The minimum atomic E-state index is -1.19. The van der Waals surface area contributed by atoms with Crippen molar-refractivity contribution in [2.24, 2.45) is 0 Å². The van der Waals surface area contributed by atoms with Crippen molar-refractivity contribution in [2.75, 3.05) is 12.4 Å². The highest BCUT2D eigenvalue weighted by Gasteiger charge is 2.15. The molecule has 0 saturated carbocycles. The summed E-state index contributed by atoms with van der Waals surface area (Å²) < 4.78 is 5.10. The number of aliphatic hydroxyl groups excluding tert-OH is 1. The Morgan fingerprint density at radius 1 is 1.35 bits per heavy atom. The number of carbonyl (C=O) groups excluding carboxylic acids is 2. The van der Waals surface area contributed by atoms with E-state index in [4.69, 9.17) is 4.74 Å². The van der Waals surface area contributed by atoms with Gasteiger partial charge in [0.1, 0.15) is 0 Å². The molecule has 0 bridgehead atoms. The van der Waals surface area contributed by atoms with Crippen LogP contribution in [-0.2, 0) is 14.3 Å². The zero-order chi connectivity index (χ0) is 15.6. The number of allylic oxidation sites excluding steroid dienone is 1. The predicted molar refractivity (Wildman–Crippen MR) is 86.6 cm³/mol. The molecule has 0 amide bonds. The van der Waals surface area contributed by atoms with Gasteiger partial charge in [0.15, 0.2) is 5.12 Å². The maximum atomic E-state index is 11.5. The van der Waals surface area contributed by atoms with Gasteiger partial charge in [-0.2, -0.15) is 0 Å². The highest BCUT2D eigenvalue weighted by molar-refractivity contribution is 8.13. The summed E-state index contributed by atoms with van der Waals surface area (Å²) in [4.78, 5) is 22.2. The van der Waals surface area contributed by atoms with Crippen LogP contribution in [0, 0.1) is 0 Å². The lowest BCUT2D eigenvalue weighted by atomic mass is 10.2. The third-order valence-electron chi connectivity index (χ3n) is 2.44. The van der Waals surface area contributed by atoms with Gasteiger partial charge in [-0.05, 0) is 12.5 Å². The van der Waals surface area contributed by atoms with Crippen LogP contribution in [0.2, 0.25) is 25.7 Å². The molecule has 0 aliphatic rings. The first-order valence-corrected chi connectivity index (χ1v) is 11.5. The smallest absolute Gasteiger partial charge is 0.308 e. The van der Waals surface area contributed by atoms with Gasteiger partial charge in [0, 0.05) is 20.8 Å². The van der Waals surface area contributed by atoms with E-state index in [9.17, 15) is 14.7 Å². The highest BCUT2D eigenvalue weighted by Crippen LogP contribution is 2.09. The van der Waals surface area contributed by atoms with Crippen LogP contribution in [-0.4, -0.2) is 42.7 Å². The van der Waals surface area contributed by atoms with E-state index in [0.29, 0.717) is 18.8 Å². The van der Waals surface area contributed by atoms with Crippen LogP contribution < -0.4 is 0 Å². The van der Waals surface area contributed by atoms with Crippen molar-refractivity contribution >= 4 is 30.9 Å². The minimum absolute atomic E-state index is 0.0119. The molecule has 0 rings (SSSR count). The van der Waals surface area contributed by atoms with E-state index in [1.54, 1.807) is 12.2 Å². The predicted octanol–water partition coefficient (Wildman–Crippen LogP) is 2.84. The van der Waals surface area contributed by atoms with Crippen LogP contribution in [0.15, 0.2) is 12.2 Å². The molecular formula is C14H26O4SSi. The van der Waals surface area contributed by atoms with Gasteiger partial charge in [0.25, 0.3) is 0 Å². The van der Waals surface area contributed by atoms with Crippen molar-refractivity contribution in [3.8, 4) is 0 Å². The molecule has 0 heterocycles. The minimum Gasteiger partial charge on any atom is -0.466 e. The Bertz CT molecular complexity index is 337. The van der Waals surface area contributed by atoms with Crippen molar-refractivity contribution < 1.29 is 19.4 Å². The second-order valence-electron chi connectivity index (χ2n) is 5.86. The first-order valence-electron chi connectivity index (χ1n) is 6.84. The molecule has 0 aromatic carbocycles. The second kappa shape index (κ2) is 10.2. The van der Waals surface area contributed by atoms with Crippen LogP contribution in [0.5, 0.6) is 0 Å². The molecule has 0 saturated heterocycles. The van der Waals surface area contributed by atoms with E-state index >= 15 is 0 Å². The van der Waals surface area contributed by atoms with E-state index in [1.807, 2.05) is 0 Å². The number of esters is 1. The third kappa shape index (κ3) is 13.8. The Labute approximate surface area is 127 Å². The zero-order valence-corrected chi connectivity index (χ0v) is 14.7. The highest BCUT2D eigenvalue weighted by atomic mass is 32.2. The molecule has 0 spiro atoms. The molecule has 1 unspecified atom stereocenters. The Kier molecular flexibility index (Phi) is 9.88. The molecule has 116 valence electrons. The average molecular weight is 319 g/mol. The number of ether oxygens (including phenoxy) is 1. The first kappa shape index (κ1) is 19.4. The van der Waals surface area contributed by atoms with Crippen LogP contribution in [0.1, 0.15) is 19.8 Å². The Balaban J connectivity index is 3.73. The van der Waals surface area contributed by atoms with Gasteiger partial charge in [-0.3, -0.25) is 9.59 Å². The molecule has 0 fully saturated rings. The maximum Gasteiger partial charge on any atom is 0.308 e. The number of thioether (sulfide) groups is 1. The van der Waals surface area contributed by atoms with Crippen molar-refractivity contribution in [3.05, 3.63) is 12.2 Å². The number of hydrogen-bond donors (Lipinski definition) is 1. The number of carbonyl (C=O) groups is 2. The van der Waals surface area contributed by atoms with E-state index in [-0.39, 0.29) is 17.5 Å². The molecule has 0 aromatic rings. The van der Waals surface area contributed by atoms with Gasteiger partial charge in [-0.25, -0.2) is 0 Å². The summed E-state index contributed by atoms with van der Waals surface area (Å²) in [5.74, 6) is 0.331. The molecule has 0 aliphatic heterocycles. The molecular weight excluding hydrogens is 292 g/mol. The van der Waals surface area contributed by atoms with Crippen molar-refractivity contribution in [2.45, 2.75) is 51.6 Å². The van der Waals surface area contributed by atoms with E-state index in [1.165, 1.54) is 18.7 Å². The van der Waals surface area contributed by atoms with E-state index in [0.717, 1.165) is 6.04 Å². The second-order valence-corrected chi connectivity index (χ2v) is 12.8. The van der Waals surface area contributed by atoms with Gasteiger partial charge in [0.05, 0.1) is 19.1 Å². The molecule has 20 heavy (non-hydrogen) atoms. The fourth-order valence-electron chi connectivity index (χ4n) is 1.29. The van der Waals surface area contributed by atoms with Gasteiger partial charge < -0.3 is 9.84 Å². The quantitative estimate of drug-likeness (QED) is 0.306. The number of hydrogen-bond acceptors (Lipinski definition) is 5. The lowest BCUT2D eigenvalue weighted by Gasteiger charge is -2.15. The fourth-order valence-corrected chi connectivity index (χ4v) is 2.55. The van der Waals surface area contributed by atoms with Gasteiger partial charge in [-0.1, -0.05) is 43.6 Å². The summed E-state index contributed by atoms with van der Waals surface area (Å²) in [5.41, 5.74) is 0. The molecule has 1 N–H and O–H groups in total. The Morgan fingerprint density at radius 2 is 2.00 bits per heavy atom. The molecule has 1 atom stereocenters. The maximum absolute atomic E-state index is 11.5. The Hall–Kier alpha value is -0.593. The Morgan fingerprint density at radius 3 is 2.55 bits per heavy atom. The summed E-state index contributed by atoms with van der Waals surface area (Å²) in [6, 6.07) is 0.937. The third-order valence-corrected chi connectivity index (χ3v) is 4.99. The lowest BCUT2D eigenvalue weighted by Crippen LogP contribution is -2.23.